The van der Waals surface area contributed by atoms with Gasteiger partial charge >= 0.3 is 0 Å². The van der Waals surface area contributed by atoms with E-state index in [2.05, 4.69) is 18.8 Å². The fourth-order valence-electron chi connectivity index (χ4n) is 1.49. The summed E-state index contributed by atoms with van der Waals surface area (Å²) in [5.41, 5.74) is 0.706. The van der Waals surface area contributed by atoms with E-state index in [0.717, 1.165) is 6.61 Å². The molecule has 1 aromatic rings. The maximum Gasteiger partial charge on any atom is 0.129 e. The van der Waals surface area contributed by atoms with Gasteiger partial charge in [-0.3, -0.25) is 0 Å². The van der Waals surface area contributed by atoms with Crippen molar-refractivity contribution in [1.82, 2.24) is 4.98 Å². The SMILES string of the molecule is CCCC(C)COCc1nc(Cl)ccc1Cl. The van der Waals surface area contributed by atoms with Gasteiger partial charge in [0.2, 0.25) is 0 Å². The highest BCUT2D eigenvalue weighted by Gasteiger charge is 2.05. The molecule has 0 bridgehead atoms. The van der Waals surface area contributed by atoms with Crippen LogP contribution in [0.15, 0.2) is 12.1 Å². The summed E-state index contributed by atoms with van der Waals surface area (Å²) in [6, 6.07) is 3.41. The van der Waals surface area contributed by atoms with Crippen LogP contribution in [-0.4, -0.2) is 11.6 Å². The Balaban J connectivity index is 2.39. The fraction of sp³-hybridized carbons (Fsp3) is 0.583. The Bertz CT molecular complexity index is 331. The molecule has 0 saturated heterocycles. The van der Waals surface area contributed by atoms with Crippen molar-refractivity contribution in [2.75, 3.05) is 6.61 Å². The first-order valence-corrected chi connectivity index (χ1v) is 6.27. The Hall–Kier alpha value is -0.310. The molecule has 0 radical (unpaired) electrons. The minimum absolute atomic E-state index is 0.424. The first-order valence-electron chi connectivity index (χ1n) is 5.52. The lowest BCUT2D eigenvalue weighted by Crippen LogP contribution is -2.06. The van der Waals surface area contributed by atoms with Gasteiger partial charge in [0.15, 0.2) is 0 Å². The highest BCUT2D eigenvalue weighted by molar-refractivity contribution is 6.32. The molecule has 90 valence electrons. The summed E-state index contributed by atoms with van der Waals surface area (Å²) in [6.45, 7) is 5.51. The van der Waals surface area contributed by atoms with Crippen LogP contribution < -0.4 is 0 Å². The van der Waals surface area contributed by atoms with Crippen LogP contribution in [0.2, 0.25) is 10.2 Å². The molecule has 4 heteroatoms. The first-order chi connectivity index (χ1) is 7.63. The largest absolute Gasteiger partial charge is 0.375 e. The highest BCUT2D eigenvalue weighted by atomic mass is 35.5. The van der Waals surface area contributed by atoms with Crippen LogP contribution >= 0.6 is 23.2 Å². The maximum absolute atomic E-state index is 5.97. The van der Waals surface area contributed by atoms with Crippen molar-refractivity contribution in [3.05, 3.63) is 28.0 Å². The quantitative estimate of drug-likeness (QED) is 0.711. The second kappa shape index (κ2) is 7.10. The van der Waals surface area contributed by atoms with Crippen molar-refractivity contribution >= 4 is 23.2 Å². The molecule has 0 aliphatic heterocycles. The Morgan fingerprint density at radius 1 is 1.38 bits per heavy atom. The summed E-state index contributed by atoms with van der Waals surface area (Å²) in [5.74, 6) is 0.572. The predicted octanol–water partition coefficient (Wildman–Crippen LogP) is 4.34. The second-order valence-corrected chi connectivity index (χ2v) is 4.77. The van der Waals surface area contributed by atoms with Crippen molar-refractivity contribution in [2.45, 2.75) is 33.3 Å². The van der Waals surface area contributed by atoms with Crippen LogP contribution in [-0.2, 0) is 11.3 Å². The number of hydrogen-bond acceptors (Lipinski definition) is 2. The number of hydrogen-bond donors (Lipinski definition) is 0. The maximum atomic E-state index is 5.97. The third-order valence-electron chi connectivity index (χ3n) is 2.31. The Morgan fingerprint density at radius 3 is 2.81 bits per heavy atom. The molecule has 1 atom stereocenters. The number of halogens is 2. The third kappa shape index (κ3) is 4.69. The molecule has 0 aliphatic carbocycles. The lowest BCUT2D eigenvalue weighted by molar-refractivity contribution is 0.0872. The molecule has 1 heterocycles. The Labute approximate surface area is 107 Å². The molecule has 0 aromatic carbocycles. The number of ether oxygens (including phenoxy) is 1. The Kier molecular flexibility index (Phi) is 6.10. The second-order valence-electron chi connectivity index (χ2n) is 3.97. The van der Waals surface area contributed by atoms with Crippen molar-refractivity contribution in [3.63, 3.8) is 0 Å². The molecule has 1 rings (SSSR count). The number of nitrogens with zero attached hydrogens (tertiary/aromatic N) is 1. The van der Waals surface area contributed by atoms with Crippen LogP contribution in [0.5, 0.6) is 0 Å². The van der Waals surface area contributed by atoms with Crippen LogP contribution in [0.4, 0.5) is 0 Å². The highest BCUT2D eigenvalue weighted by Crippen LogP contribution is 2.18. The zero-order valence-electron chi connectivity index (χ0n) is 9.67. The molecule has 0 N–H and O–H groups in total. The van der Waals surface area contributed by atoms with Crippen LogP contribution in [0.1, 0.15) is 32.4 Å². The van der Waals surface area contributed by atoms with Gasteiger partial charge in [-0.15, -0.1) is 0 Å². The summed E-state index contributed by atoms with van der Waals surface area (Å²) < 4.78 is 5.56. The van der Waals surface area contributed by atoms with Crippen molar-refractivity contribution in [1.29, 1.82) is 0 Å². The zero-order chi connectivity index (χ0) is 12.0. The third-order valence-corrected chi connectivity index (χ3v) is 2.86. The monoisotopic (exact) mass is 261 g/mol. The van der Waals surface area contributed by atoms with Crippen LogP contribution in [0, 0.1) is 5.92 Å². The van der Waals surface area contributed by atoms with Gasteiger partial charge in [-0.25, -0.2) is 4.98 Å². The summed E-state index contributed by atoms with van der Waals surface area (Å²) in [7, 11) is 0. The van der Waals surface area contributed by atoms with Gasteiger partial charge in [0.05, 0.1) is 17.3 Å². The van der Waals surface area contributed by atoms with E-state index < -0.39 is 0 Å². The molecule has 0 spiro atoms. The minimum atomic E-state index is 0.424. The van der Waals surface area contributed by atoms with Gasteiger partial charge < -0.3 is 4.74 Å². The molecule has 1 aromatic heterocycles. The van der Waals surface area contributed by atoms with E-state index in [-0.39, 0.29) is 0 Å². The summed E-state index contributed by atoms with van der Waals surface area (Å²) in [4.78, 5) is 4.12. The van der Waals surface area contributed by atoms with E-state index >= 15 is 0 Å². The van der Waals surface area contributed by atoms with Crippen LogP contribution in [0.25, 0.3) is 0 Å². The first kappa shape index (κ1) is 13.8. The van der Waals surface area contributed by atoms with E-state index in [9.17, 15) is 0 Å². The molecule has 0 amide bonds. The van der Waals surface area contributed by atoms with Gasteiger partial charge in [-0.2, -0.15) is 0 Å². The van der Waals surface area contributed by atoms with E-state index in [0.29, 0.717) is 28.4 Å². The van der Waals surface area contributed by atoms with Gasteiger partial charge in [0.1, 0.15) is 5.15 Å². The average molecular weight is 262 g/mol. The molecule has 2 nitrogen and oxygen atoms in total. The average Bonchev–Trinajstić information content (AvgIpc) is 2.23. The van der Waals surface area contributed by atoms with Gasteiger partial charge in [-0.05, 0) is 24.5 Å². The normalized spacial score (nSPS) is 12.8. The van der Waals surface area contributed by atoms with E-state index in [1.807, 2.05) is 0 Å². The van der Waals surface area contributed by atoms with Gasteiger partial charge in [-0.1, -0.05) is 43.5 Å². The van der Waals surface area contributed by atoms with E-state index in [1.54, 1.807) is 12.1 Å². The molecular weight excluding hydrogens is 245 g/mol. The molecule has 0 aliphatic rings. The topological polar surface area (TPSA) is 22.1 Å². The van der Waals surface area contributed by atoms with E-state index in [4.69, 9.17) is 27.9 Å². The number of rotatable bonds is 6. The standard InChI is InChI=1S/C12H17Cl2NO/c1-3-4-9(2)7-16-8-11-10(13)5-6-12(14)15-11/h5-6,9H,3-4,7-8H2,1-2H3. The van der Waals surface area contributed by atoms with Gasteiger partial charge in [0, 0.05) is 6.61 Å². The lowest BCUT2D eigenvalue weighted by atomic mass is 10.1. The smallest absolute Gasteiger partial charge is 0.129 e. The fourth-order valence-corrected chi connectivity index (χ4v) is 1.82. The van der Waals surface area contributed by atoms with E-state index in [1.165, 1.54) is 12.8 Å². The van der Waals surface area contributed by atoms with Crippen molar-refractivity contribution in [2.24, 2.45) is 5.92 Å². The van der Waals surface area contributed by atoms with Crippen LogP contribution in [0.3, 0.4) is 0 Å². The lowest BCUT2D eigenvalue weighted by Gasteiger charge is -2.11. The molecule has 1 unspecified atom stereocenters. The molecule has 0 fully saturated rings. The predicted molar refractivity (Wildman–Crippen MR) is 68.0 cm³/mol. The summed E-state index contributed by atoms with van der Waals surface area (Å²) >= 11 is 11.8. The van der Waals surface area contributed by atoms with Gasteiger partial charge in [0.25, 0.3) is 0 Å². The zero-order valence-corrected chi connectivity index (χ0v) is 11.2. The molecule has 0 saturated carbocycles. The van der Waals surface area contributed by atoms with Crippen molar-refractivity contribution in [3.8, 4) is 0 Å². The number of aromatic nitrogens is 1. The molecule has 16 heavy (non-hydrogen) atoms. The molecular formula is C12H17Cl2NO. The summed E-state index contributed by atoms with van der Waals surface area (Å²) in [5, 5.41) is 1.05. The minimum Gasteiger partial charge on any atom is -0.375 e. The number of pyridine rings is 1. The summed E-state index contributed by atoms with van der Waals surface area (Å²) in [6.07, 6.45) is 2.36. The Morgan fingerprint density at radius 2 is 2.12 bits per heavy atom. The van der Waals surface area contributed by atoms with Crippen molar-refractivity contribution < 1.29 is 4.74 Å².